The van der Waals surface area contributed by atoms with Crippen molar-refractivity contribution in [2.75, 3.05) is 30.3 Å². The average Bonchev–Trinajstić information content (AvgIpc) is 2.38. The summed E-state index contributed by atoms with van der Waals surface area (Å²) in [5, 5.41) is 19.8. The first-order chi connectivity index (χ1) is 8.61. The molecule has 1 atom stereocenters. The molecule has 3 N–H and O–H groups in total. The topological polar surface area (TPSA) is 92.6 Å². The molecule has 98 valence electrons. The maximum Gasteiger partial charge on any atom is 0.271 e. The molecule has 6 nitrogen and oxygen atoms in total. The van der Waals surface area contributed by atoms with E-state index in [2.05, 4.69) is 4.90 Å². The summed E-state index contributed by atoms with van der Waals surface area (Å²) >= 11 is 0. The molecule has 0 amide bonds. The van der Waals surface area contributed by atoms with Crippen LogP contribution < -0.4 is 10.6 Å². The first-order valence-corrected chi connectivity index (χ1v) is 6.01. The fourth-order valence-electron chi connectivity index (χ4n) is 2.38. The van der Waals surface area contributed by atoms with Crippen LogP contribution in [0.1, 0.15) is 12.8 Å². The molecule has 0 radical (unpaired) electrons. The second kappa shape index (κ2) is 5.22. The second-order valence-electron chi connectivity index (χ2n) is 4.64. The summed E-state index contributed by atoms with van der Waals surface area (Å²) in [4.78, 5) is 12.3. The van der Waals surface area contributed by atoms with Crippen molar-refractivity contribution in [3.63, 3.8) is 0 Å². The Morgan fingerprint density at radius 3 is 2.94 bits per heavy atom. The highest BCUT2D eigenvalue weighted by atomic mass is 16.6. The van der Waals surface area contributed by atoms with Gasteiger partial charge in [-0.05, 0) is 24.8 Å². The average molecular weight is 251 g/mol. The molecule has 1 unspecified atom stereocenters. The minimum atomic E-state index is -0.452. The number of nitrogens with zero attached hydrogens (tertiary/aromatic N) is 2. The number of non-ortho nitro benzene ring substituents is 1. The third-order valence-electron chi connectivity index (χ3n) is 3.34. The Bertz CT molecular complexity index is 450. The van der Waals surface area contributed by atoms with Gasteiger partial charge in [-0.15, -0.1) is 0 Å². The highest BCUT2D eigenvalue weighted by molar-refractivity contribution is 5.70. The number of anilines is 2. The molecule has 0 aromatic heterocycles. The van der Waals surface area contributed by atoms with E-state index in [1.807, 2.05) is 0 Å². The van der Waals surface area contributed by atoms with Gasteiger partial charge in [-0.2, -0.15) is 0 Å². The minimum Gasteiger partial charge on any atom is -0.397 e. The van der Waals surface area contributed by atoms with Gasteiger partial charge >= 0.3 is 0 Å². The van der Waals surface area contributed by atoms with E-state index in [-0.39, 0.29) is 18.2 Å². The quantitative estimate of drug-likeness (QED) is 0.481. The largest absolute Gasteiger partial charge is 0.397 e. The van der Waals surface area contributed by atoms with E-state index in [1.54, 1.807) is 6.07 Å². The lowest BCUT2D eigenvalue weighted by atomic mass is 9.98. The summed E-state index contributed by atoms with van der Waals surface area (Å²) in [6, 6.07) is 4.54. The van der Waals surface area contributed by atoms with Crippen molar-refractivity contribution < 1.29 is 10.0 Å². The zero-order valence-corrected chi connectivity index (χ0v) is 10.1. The second-order valence-corrected chi connectivity index (χ2v) is 4.64. The van der Waals surface area contributed by atoms with Crippen molar-refractivity contribution in [3.8, 4) is 0 Å². The molecule has 0 aliphatic carbocycles. The smallest absolute Gasteiger partial charge is 0.271 e. The number of nitrogens with two attached hydrogens (primary N) is 1. The number of hydrogen-bond acceptors (Lipinski definition) is 5. The van der Waals surface area contributed by atoms with E-state index >= 15 is 0 Å². The Morgan fingerprint density at radius 1 is 1.56 bits per heavy atom. The van der Waals surface area contributed by atoms with Crippen molar-refractivity contribution in [3.05, 3.63) is 28.3 Å². The van der Waals surface area contributed by atoms with Gasteiger partial charge in [0.2, 0.25) is 0 Å². The zero-order valence-electron chi connectivity index (χ0n) is 10.1. The SMILES string of the molecule is Nc1cc([N+](=O)[O-])ccc1N1CCCC(CO)C1. The van der Waals surface area contributed by atoms with Crippen molar-refractivity contribution in [2.24, 2.45) is 5.92 Å². The van der Waals surface area contributed by atoms with E-state index in [4.69, 9.17) is 5.73 Å². The van der Waals surface area contributed by atoms with E-state index in [0.717, 1.165) is 31.6 Å². The third-order valence-corrected chi connectivity index (χ3v) is 3.34. The zero-order chi connectivity index (χ0) is 13.1. The molecule has 0 spiro atoms. The summed E-state index contributed by atoms with van der Waals surface area (Å²) in [6.45, 7) is 1.79. The summed E-state index contributed by atoms with van der Waals surface area (Å²) in [5.41, 5.74) is 7.11. The van der Waals surface area contributed by atoms with Gasteiger partial charge < -0.3 is 15.7 Å². The van der Waals surface area contributed by atoms with Gasteiger partial charge in [-0.1, -0.05) is 0 Å². The maximum absolute atomic E-state index is 10.6. The fourth-order valence-corrected chi connectivity index (χ4v) is 2.38. The van der Waals surface area contributed by atoms with Crippen molar-refractivity contribution in [1.82, 2.24) is 0 Å². The molecule has 2 rings (SSSR count). The summed E-state index contributed by atoms with van der Waals surface area (Å²) in [7, 11) is 0. The Morgan fingerprint density at radius 2 is 2.33 bits per heavy atom. The van der Waals surface area contributed by atoms with E-state index in [9.17, 15) is 15.2 Å². The standard InChI is InChI=1S/C12H17N3O3/c13-11-6-10(15(17)18)3-4-12(11)14-5-1-2-9(7-14)8-16/h3-4,6,9,16H,1-2,5,7-8,13H2. The first-order valence-electron chi connectivity index (χ1n) is 6.01. The van der Waals surface area contributed by atoms with E-state index in [0.29, 0.717) is 5.69 Å². The number of nitro benzene ring substituents is 1. The third kappa shape index (κ3) is 2.53. The van der Waals surface area contributed by atoms with Crippen molar-refractivity contribution in [2.45, 2.75) is 12.8 Å². The summed E-state index contributed by atoms with van der Waals surface area (Å²) in [6.07, 6.45) is 2.02. The monoisotopic (exact) mass is 251 g/mol. The van der Waals surface area contributed by atoms with Gasteiger partial charge in [-0.25, -0.2) is 0 Å². The predicted octanol–water partition coefficient (Wildman–Crippen LogP) is 1.39. The van der Waals surface area contributed by atoms with Crippen LogP contribution in [0, 0.1) is 16.0 Å². The van der Waals surface area contributed by atoms with Crippen LogP contribution in [0.4, 0.5) is 17.1 Å². The van der Waals surface area contributed by atoms with Crippen LogP contribution >= 0.6 is 0 Å². The number of aliphatic hydroxyl groups excluding tert-OH is 1. The molecule has 6 heteroatoms. The molecule has 0 bridgehead atoms. The Hall–Kier alpha value is -1.82. The molecular formula is C12H17N3O3. The van der Waals surface area contributed by atoms with E-state index in [1.165, 1.54) is 12.1 Å². The molecule has 1 aromatic carbocycles. The molecule has 1 heterocycles. The lowest BCUT2D eigenvalue weighted by Gasteiger charge is -2.34. The number of piperidine rings is 1. The van der Waals surface area contributed by atoms with Crippen LogP contribution in [-0.4, -0.2) is 29.7 Å². The molecule has 0 saturated carbocycles. The molecule has 1 aliphatic heterocycles. The Balaban J connectivity index is 2.20. The Labute approximate surface area is 105 Å². The van der Waals surface area contributed by atoms with Crippen molar-refractivity contribution in [1.29, 1.82) is 0 Å². The van der Waals surface area contributed by atoms with Crippen molar-refractivity contribution >= 4 is 17.1 Å². The molecule has 1 saturated heterocycles. The number of aliphatic hydroxyl groups is 1. The van der Waals surface area contributed by atoms with Gasteiger partial charge in [0.25, 0.3) is 5.69 Å². The lowest BCUT2D eigenvalue weighted by molar-refractivity contribution is -0.384. The van der Waals surface area contributed by atoms with E-state index < -0.39 is 4.92 Å². The fraction of sp³-hybridized carbons (Fsp3) is 0.500. The molecular weight excluding hydrogens is 234 g/mol. The highest BCUT2D eigenvalue weighted by Crippen LogP contribution is 2.30. The molecule has 1 fully saturated rings. The van der Waals surface area contributed by atoms with Gasteiger partial charge in [0, 0.05) is 31.8 Å². The van der Waals surface area contributed by atoms with Gasteiger partial charge in [-0.3, -0.25) is 10.1 Å². The predicted molar refractivity (Wildman–Crippen MR) is 69.5 cm³/mol. The van der Waals surface area contributed by atoms with Crippen LogP contribution in [0.5, 0.6) is 0 Å². The minimum absolute atomic E-state index is 0.00645. The summed E-state index contributed by atoms with van der Waals surface area (Å²) < 4.78 is 0. The summed E-state index contributed by atoms with van der Waals surface area (Å²) in [5.74, 6) is 0.258. The lowest BCUT2D eigenvalue weighted by Crippen LogP contribution is -2.37. The maximum atomic E-state index is 10.6. The van der Waals surface area contributed by atoms with Crippen LogP contribution in [0.2, 0.25) is 0 Å². The molecule has 1 aromatic rings. The highest BCUT2D eigenvalue weighted by Gasteiger charge is 2.21. The van der Waals surface area contributed by atoms with Gasteiger partial charge in [0.15, 0.2) is 0 Å². The normalized spacial score (nSPS) is 19.8. The van der Waals surface area contributed by atoms with Gasteiger partial charge in [0.1, 0.15) is 0 Å². The number of rotatable bonds is 3. The number of hydrogen-bond donors (Lipinski definition) is 2. The number of nitro groups is 1. The van der Waals surface area contributed by atoms with Gasteiger partial charge in [0.05, 0.1) is 16.3 Å². The molecule has 18 heavy (non-hydrogen) atoms. The number of nitrogen functional groups attached to an aromatic ring is 1. The molecule has 1 aliphatic rings. The van der Waals surface area contributed by atoms with Crippen LogP contribution in [0.3, 0.4) is 0 Å². The number of benzene rings is 1. The van der Waals surface area contributed by atoms with Crippen LogP contribution in [0.15, 0.2) is 18.2 Å². The first kappa shape index (κ1) is 12.6. The Kier molecular flexibility index (Phi) is 3.66. The van der Waals surface area contributed by atoms with Crippen LogP contribution in [-0.2, 0) is 0 Å². The van der Waals surface area contributed by atoms with Crippen LogP contribution in [0.25, 0.3) is 0 Å².